The molecule has 1 aromatic rings. The molecule has 2 heteroatoms. The Hall–Kier alpha value is -0.422. The van der Waals surface area contributed by atoms with Crippen LogP contribution in [0.2, 0.25) is 0 Å². The fourth-order valence-corrected chi connectivity index (χ4v) is 0.679. The summed E-state index contributed by atoms with van der Waals surface area (Å²) in [4.78, 5) is 9.85. The molecule has 0 aliphatic carbocycles. The summed E-state index contributed by atoms with van der Waals surface area (Å²) in [5.41, 5.74) is 1.02. The molecule has 0 bridgehead atoms. The van der Waals surface area contributed by atoms with E-state index in [-0.39, 0.29) is 21.1 Å². The van der Waals surface area contributed by atoms with E-state index < -0.39 is 0 Å². The van der Waals surface area contributed by atoms with Gasteiger partial charge in [0, 0.05) is 21.1 Å². The minimum Gasteiger partial charge on any atom is -0.541 e. The molecule has 0 radical (unpaired) electrons. The molecule has 0 atom stereocenters. The van der Waals surface area contributed by atoms with E-state index in [9.17, 15) is 4.79 Å². The molecule has 0 fully saturated rings. The molecular weight excluding hydrogens is 296 g/mol. The van der Waals surface area contributed by atoms with Crippen LogP contribution in [0.5, 0.6) is 0 Å². The summed E-state index contributed by atoms with van der Waals surface area (Å²) in [6, 6.07) is 9.56. The zero-order chi connectivity index (χ0) is 6.53. The maximum Gasteiger partial charge on any atom is 0 e. The van der Waals surface area contributed by atoms with E-state index in [0.717, 1.165) is 5.56 Å². The Morgan fingerprint density at radius 1 is 1.20 bits per heavy atom. The number of hydrogen-bond donors (Lipinski definition) is 0. The van der Waals surface area contributed by atoms with Crippen molar-refractivity contribution < 1.29 is 25.9 Å². The van der Waals surface area contributed by atoms with Crippen molar-refractivity contribution in [1.29, 1.82) is 0 Å². The van der Waals surface area contributed by atoms with Crippen LogP contribution in [-0.4, -0.2) is 6.29 Å². The quantitative estimate of drug-likeness (QED) is 0.754. The van der Waals surface area contributed by atoms with Crippen molar-refractivity contribution in [3.05, 3.63) is 35.9 Å². The molecule has 0 aliphatic rings. The third-order valence-corrected chi connectivity index (χ3v) is 1.12. The summed E-state index contributed by atoms with van der Waals surface area (Å²) < 4.78 is 0. The Morgan fingerprint density at radius 3 is 2.30 bits per heavy atom. The van der Waals surface area contributed by atoms with Gasteiger partial charge in [0.15, 0.2) is 0 Å². The van der Waals surface area contributed by atoms with Crippen molar-refractivity contribution >= 4 is 6.29 Å². The molecular formula is C8H7OW-. The first-order valence-electron chi connectivity index (χ1n) is 2.82. The molecule has 0 amide bonds. The van der Waals surface area contributed by atoms with Crippen molar-refractivity contribution in [2.75, 3.05) is 0 Å². The number of hydrogen-bond acceptors (Lipinski definition) is 1. The van der Waals surface area contributed by atoms with Crippen LogP contribution in [0.3, 0.4) is 0 Å². The predicted molar refractivity (Wildman–Crippen MR) is 35.8 cm³/mol. The SMILES string of the molecule is O=[C-]Cc1ccccc1.[W]. The molecule has 0 spiro atoms. The first-order valence-corrected chi connectivity index (χ1v) is 2.82. The Morgan fingerprint density at radius 2 is 1.80 bits per heavy atom. The summed E-state index contributed by atoms with van der Waals surface area (Å²) in [6.07, 6.45) is 2.24. The molecule has 1 aromatic carbocycles. The summed E-state index contributed by atoms with van der Waals surface area (Å²) in [6.45, 7) is 0. The van der Waals surface area contributed by atoms with Gasteiger partial charge in [0.1, 0.15) is 0 Å². The largest absolute Gasteiger partial charge is 0.541 e. The van der Waals surface area contributed by atoms with Gasteiger partial charge in [-0.2, -0.15) is 0 Å². The van der Waals surface area contributed by atoms with Crippen molar-refractivity contribution in [3.63, 3.8) is 0 Å². The van der Waals surface area contributed by atoms with E-state index in [1.807, 2.05) is 36.6 Å². The molecule has 0 unspecified atom stereocenters. The third kappa shape index (κ3) is 2.93. The first kappa shape index (κ1) is 9.58. The molecule has 0 saturated heterocycles. The average molecular weight is 303 g/mol. The fraction of sp³-hybridized carbons (Fsp3) is 0.125. The van der Waals surface area contributed by atoms with Crippen LogP contribution in [0.25, 0.3) is 0 Å². The molecule has 0 aromatic heterocycles. The first-order chi connectivity index (χ1) is 4.43. The molecule has 0 N–H and O–H groups in total. The van der Waals surface area contributed by atoms with Gasteiger partial charge >= 0.3 is 0 Å². The molecule has 52 valence electrons. The smallest absolute Gasteiger partial charge is 0 e. The van der Waals surface area contributed by atoms with Gasteiger partial charge in [0.05, 0.1) is 0 Å². The second-order valence-corrected chi connectivity index (χ2v) is 1.81. The van der Waals surface area contributed by atoms with Crippen molar-refractivity contribution in [2.24, 2.45) is 0 Å². The van der Waals surface area contributed by atoms with Gasteiger partial charge in [-0.15, -0.1) is 6.42 Å². The van der Waals surface area contributed by atoms with Crippen molar-refractivity contribution in [1.82, 2.24) is 0 Å². The van der Waals surface area contributed by atoms with Gasteiger partial charge in [0.25, 0.3) is 0 Å². The number of benzene rings is 1. The van der Waals surface area contributed by atoms with Gasteiger partial charge in [-0.25, -0.2) is 0 Å². The summed E-state index contributed by atoms with van der Waals surface area (Å²) in [5.74, 6) is 0. The number of carbonyl (C=O) groups excluding carboxylic acids is 1. The zero-order valence-electron chi connectivity index (χ0n) is 5.41. The summed E-state index contributed by atoms with van der Waals surface area (Å²) >= 11 is 0. The second-order valence-electron chi connectivity index (χ2n) is 1.81. The van der Waals surface area contributed by atoms with Crippen LogP contribution in [0.1, 0.15) is 5.56 Å². The standard InChI is InChI=1S/C8H7O.W/c9-7-6-8-4-2-1-3-5-8;/h1-5H,6H2;/q-1;. The minimum atomic E-state index is 0. The van der Waals surface area contributed by atoms with Crippen molar-refractivity contribution in [3.8, 4) is 0 Å². The van der Waals surface area contributed by atoms with Crippen LogP contribution in [0.4, 0.5) is 0 Å². The van der Waals surface area contributed by atoms with Gasteiger partial charge < -0.3 is 4.79 Å². The van der Waals surface area contributed by atoms with Gasteiger partial charge in [0.2, 0.25) is 0 Å². The Balaban J connectivity index is 0.000000810. The third-order valence-electron chi connectivity index (χ3n) is 1.12. The van der Waals surface area contributed by atoms with Crippen LogP contribution in [0, 0.1) is 0 Å². The van der Waals surface area contributed by atoms with E-state index in [4.69, 9.17) is 0 Å². The van der Waals surface area contributed by atoms with E-state index in [1.165, 1.54) is 0 Å². The average Bonchev–Trinajstić information content (AvgIpc) is 1.91. The molecule has 0 saturated carbocycles. The maximum absolute atomic E-state index is 9.85. The maximum atomic E-state index is 9.85. The van der Waals surface area contributed by atoms with Crippen LogP contribution in [-0.2, 0) is 32.3 Å². The molecule has 10 heavy (non-hydrogen) atoms. The Bertz CT molecular complexity index is 184. The molecule has 1 rings (SSSR count). The minimum absolute atomic E-state index is 0. The van der Waals surface area contributed by atoms with Gasteiger partial charge in [-0.05, 0) is 0 Å². The topological polar surface area (TPSA) is 17.1 Å². The Kier molecular flexibility index (Phi) is 5.14. The van der Waals surface area contributed by atoms with E-state index in [1.54, 1.807) is 0 Å². The molecule has 0 heterocycles. The zero-order valence-corrected chi connectivity index (χ0v) is 8.34. The van der Waals surface area contributed by atoms with Crippen LogP contribution >= 0.6 is 0 Å². The van der Waals surface area contributed by atoms with Gasteiger partial charge in [-0.1, -0.05) is 35.9 Å². The molecule has 0 aliphatic heterocycles. The van der Waals surface area contributed by atoms with Gasteiger partial charge in [-0.3, -0.25) is 6.29 Å². The van der Waals surface area contributed by atoms with Crippen LogP contribution < -0.4 is 0 Å². The fourth-order valence-electron chi connectivity index (χ4n) is 0.679. The second kappa shape index (κ2) is 5.37. The van der Waals surface area contributed by atoms with Crippen LogP contribution in [0.15, 0.2) is 30.3 Å². The van der Waals surface area contributed by atoms with E-state index in [2.05, 4.69) is 0 Å². The van der Waals surface area contributed by atoms with E-state index in [0.29, 0.717) is 6.42 Å². The normalized spacial score (nSPS) is 8.00. The summed E-state index contributed by atoms with van der Waals surface area (Å²) in [5, 5.41) is 0. The monoisotopic (exact) mass is 303 g/mol. The predicted octanol–water partition coefficient (Wildman–Crippen LogP) is 1.34. The van der Waals surface area contributed by atoms with E-state index >= 15 is 0 Å². The Labute approximate surface area is 74.7 Å². The molecule has 1 nitrogen and oxygen atoms in total. The van der Waals surface area contributed by atoms with Crippen molar-refractivity contribution in [2.45, 2.75) is 6.42 Å². The number of rotatable bonds is 2. The summed E-state index contributed by atoms with van der Waals surface area (Å²) in [7, 11) is 0.